The molecule has 1 aromatic heterocycles. The van der Waals surface area contributed by atoms with Gasteiger partial charge in [0.05, 0.1) is 12.3 Å². The highest BCUT2D eigenvalue weighted by atomic mass is 32.2. The Hall–Kier alpha value is -2.49. The lowest BCUT2D eigenvalue weighted by atomic mass is 10.2. The molecule has 0 aliphatic heterocycles. The van der Waals surface area contributed by atoms with E-state index < -0.39 is 23.1 Å². The molecule has 2 amide bonds. The van der Waals surface area contributed by atoms with Crippen LogP contribution < -0.4 is 10.6 Å². The topological polar surface area (TPSA) is 97.1 Å². The van der Waals surface area contributed by atoms with Gasteiger partial charge >= 0.3 is 0 Å². The van der Waals surface area contributed by atoms with Gasteiger partial charge in [-0.15, -0.1) is 10.2 Å². The minimum absolute atomic E-state index is 0.0570. The first kappa shape index (κ1) is 18.8. The molecule has 25 heavy (non-hydrogen) atoms. The molecule has 0 spiro atoms. The van der Waals surface area contributed by atoms with Crippen LogP contribution in [-0.2, 0) is 11.3 Å². The number of halogens is 2. The van der Waals surface area contributed by atoms with Crippen LogP contribution in [-0.4, -0.2) is 34.3 Å². The molecule has 134 valence electrons. The molecule has 0 saturated carbocycles. The molecule has 7 nitrogen and oxygen atoms in total. The van der Waals surface area contributed by atoms with E-state index in [4.69, 9.17) is 4.42 Å². The second kappa shape index (κ2) is 9.11. The average Bonchev–Trinajstić information content (AvgIpc) is 3.04. The summed E-state index contributed by atoms with van der Waals surface area (Å²) in [6.45, 7) is 2.34. The number of benzene rings is 1. The molecule has 10 heteroatoms. The van der Waals surface area contributed by atoms with E-state index in [0.717, 1.165) is 30.3 Å². The van der Waals surface area contributed by atoms with E-state index in [9.17, 15) is 18.4 Å². The van der Waals surface area contributed by atoms with Crippen LogP contribution in [0.4, 0.5) is 8.78 Å². The van der Waals surface area contributed by atoms with Gasteiger partial charge in [0.1, 0.15) is 17.2 Å². The van der Waals surface area contributed by atoms with Crippen LogP contribution in [0, 0.1) is 11.6 Å². The fraction of sp³-hybridized carbons (Fsp3) is 0.333. The van der Waals surface area contributed by atoms with E-state index in [0.29, 0.717) is 6.54 Å². The van der Waals surface area contributed by atoms with E-state index in [1.165, 1.54) is 6.07 Å². The van der Waals surface area contributed by atoms with Gasteiger partial charge in [-0.1, -0.05) is 24.8 Å². The zero-order valence-electron chi connectivity index (χ0n) is 13.3. The quantitative estimate of drug-likeness (QED) is 0.689. The van der Waals surface area contributed by atoms with Crippen LogP contribution in [0.25, 0.3) is 0 Å². The van der Waals surface area contributed by atoms with Crippen molar-refractivity contribution < 1.29 is 22.8 Å². The Kier molecular flexibility index (Phi) is 6.87. The molecule has 2 rings (SSSR count). The molecule has 1 heterocycles. The summed E-state index contributed by atoms with van der Waals surface area (Å²) in [6.07, 6.45) is 0.837. The standard InChI is InChI=1S/C15H16F2N4O3S/c1-2-6-18-11(22)8-25-15-21-20-12(24-15)7-19-14(23)13-9(16)4-3-5-10(13)17/h3-5H,2,6-8H2,1H3,(H,18,22)(H,19,23). The number of amides is 2. The minimum Gasteiger partial charge on any atom is -0.414 e. The monoisotopic (exact) mass is 370 g/mol. The summed E-state index contributed by atoms with van der Waals surface area (Å²) in [6, 6.07) is 3.14. The van der Waals surface area contributed by atoms with Crippen molar-refractivity contribution in [3.8, 4) is 0 Å². The number of nitrogens with zero attached hydrogens (tertiary/aromatic N) is 2. The van der Waals surface area contributed by atoms with Gasteiger partial charge in [0.25, 0.3) is 11.1 Å². The van der Waals surface area contributed by atoms with Gasteiger partial charge in [0.15, 0.2) is 0 Å². The maximum absolute atomic E-state index is 13.5. The highest BCUT2D eigenvalue weighted by Gasteiger charge is 2.17. The Morgan fingerprint density at radius 3 is 2.60 bits per heavy atom. The fourth-order valence-electron chi connectivity index (χ4n) is 1.77. The van der Waals surface area contributed by atoms with E-state index >= 15 is 0 Å². The van der Waals surface area contributed by atoms with E-state index in [-0.39, 0.29) is 29.3 Å². The number of carbonyl (C=O) groups is 2. The Morgan fingerprint density at radius 1 is 1.20 bits per heavy atom. The van der Waals surface area contributed by atoms with Gasteiger partial charge in [-0.05, 0) is 18.6 Å². The summed E-state index contributed by atoms with van der Waals surface area (Å²) in [4.78, 5) is 23.3. The largest absolute Gasteiger partial charge is 0.414 e. The summed E-state index contributed by atoms with van der Waals surface area (Å²) in [7, 11) is 0. The first-order chi connectivity index (χ1) is 12.0. The molecule has 0 aliphatic rings. The lowest BCUT2D eigenvalue weighted by Crippen LogP contribution is -2.25. The summed E-state index contributed by atoms with van der Waals surface area (Å²) in [5.41, 5.74) is -0.677. The third kappa shape index (κ3) is 5.52. The molecule has 0 bridgehead atoms. The number of thioether (sulfide) groups is 1. The van der Waals surface area contributed by atoms with Crippen molar-refractivity contribution in [2.45, 2.75) is 25.1 Å². The van der Waals surface area contributed by atoms with Crippen LogP contribution >= 0.6 is 11.8 Å². The van der Waals surface area contributed by atoms with Crippen molar-refractivity contribution in [3.05, 3.63) is 41.3 Å². The number of nitrogens with one attached hydrogen (secondary N) is 2. The molecule has 2 aromatic rings. The third-order valence-electron chi connectivity index (χ3n) is 2.94. The molecule has 0 radical (unpaired) electrons. The number of hydrogen-bond donors (Lipinski definition) is 2. The average molecular weight is 370 g/mol. The Labute approximate surface area is 146 Å². The van der Waals surface area contributed by atoms with Crippen LogP contribution in [0.15, 0.2) is 27.8 Å². The zero-order chi connectivity index (χ0) is 18.2. The summed E-state index contributed by atoms with van der Waals surface area (Å²) in [5, 5.41) is 12.6. The molecule has 0 fully saturated rings. The summed E-state index contributed by atoms with van der Waals surface area (Å²) in [5.74, 6) is -2.83. The molecule has 0 aliphatic carbocycles. The highest BCUT2D eigenvalue weighted by Crippen LogP contribution is 2.16. The van der Waals surface area contributed by atoms with Crippen molar-refractivity contribution in [1.29, 1.82) is 0 Å². The van der Waals surface area contributed by atoms with Crippen molar-refractivity contribution in [2.24, 2.45) is 0 Å². The SMILES string of the molecule is CCCNC(=O)CSc1nnc(CNC(=O)c2c(F)cccc2F)o1. The molecule has 2 N–H and O–H groups in total. The second-order valence-electron chi connectivity index (χ2n) is 4.88. The van der Waals surface area contributed by atoms with E-state index in [2.05, 4.69) is 20.8 Å². The van der Waals surface area contributed by atoms with Crippen LogP contribution in [0.3, 0.4) is 0 Å². The zero-order valence-corrected chi connectivity index (χ0v) is 14.2. The maximum Gasteiger partial charge on any atom is 0.277 e. The molecule has 0 unspecified atom stereocenters. The van der Waals surface area contributed by atoms with E-state index in [1.807, 2.05) is 6.92 Å². The van der Waals surface area contributed by atoms with Gasteiger partial charge in [0.2, 0.25) is 11.8 Å². The first-order valence-electron chi connectivity index (χ1n) is 7.45. The fourth-order valence-corrected chi connectivity index (χ4v) is 2.38. The van der Waals surface area contributed by atoms with E-state index in [1.54, 1.807) is 0 Å². The Balaban J connectivity index is 1.85. The van der Waals surface area contributed by atoms with Gasteiger partial charge in [-0.3, -0.25) is 9.59 Å². The smallest absolute Gasteiger partial charge is 0.277 e. The maximum atomic E-state index is 13.5. The minimum atomic E-state index is -0.961. The first-order valence-corrected chi connectivity index (χ1v) is 8.44. The van der Waals surface area contributed by atoms with Crippen molar-refractivity contribution >= 4 is 23.6 Å². The van der Waals surface area contributed by atoms with Crippen LogP contribution in [0.1, 0.15) is 29.6 Å². The van der Waals surface area contributed by atoms with Gasteiger partial charge < -0.3 is 15.1 Å². The van der Waals surface area contributed by atoms with Crippen molar-refractivity contribution in [2.75, 3.05) is 12.3 Å². The normalized spacial score (nSPS) is 10.5. The predicted molar refractivity (Wildman–Crippen MR) is 85.9 cm³/mol. The van der Waals surface area contributed by atoms with Gasteiger partial charge in [0, 0.05) is 6.54 Å². The molecule has 1 aromatic carbocycles. The number of carbonyl (C=O) groups excluding carboxylic acids is 2. The summed E-state index contributed by atoms with van der Waals surface area (Å²) >= 11 is 1.05. The van der Waals surface area contributed by atoms with Gasteiger partial charge in [-0.25, -0.2) is 8.78 Å². The molecular formula is C15H16F2N4O3S. The third-order valence-corrected chi connectivity index (χ3v) is 3.76. The lowest BCUT2D eigenvalue weighted by Gasteiger charge is -2.04. The summed E-state index contributed by atoms with van der Waals surface area (Å²) < 4.78 is 32.2. The number of aromatic nitrogens is 2. The molecular weight excluding hydrogens is 354 g/mol. The Morgan fingerprint density at radius 2 is 1.92 bits per heavy atom. The van der Waals surface area contributed by atoms with Crippen molar-refractivity contribution in [1.82, 2.24) is 20.8 Å². The Bertz CT molecular complexity index is 734. The molecule has 0 atom stereocenters. The lowest BCUT2D eigenvalue weighted by molar-refractivity contribution is -0.118. The number of rotatable bonds is 8. The highest BCUT2D eigenvalue weighted by molar-refractivity contribution is 7.99. The predicted octanol–water partition coefficient (Wildman–Crippen LogP) is 1.90. The van der Waals surface area contributed by atoms with Crippen molar-refractivity contribution in [3.63, 3.8) is 0 Å². The van der Waals surface area contributed by atoms with Gasteiger partial charge in [-0.2, -0.15) is 0 Å². The van der Waals surface area contributed by atoms with Crippen LogP contribution in [0.5, 0.6) is 0 Å². The van der Waals surface area contributed by atoms with Crippen LogP contribution in [0.2, 0.25) is 0 Å². The molecule has 0 saturated heterocycles. The second-order valence-corrected chi connectivity index (χ2v) is 5.81. The number of hydrogen-bond acceptors (Lipinski definition) is 6.